The van der Waals surface area contributed by atoms with Crippen LogP contribution in [0.5, 0.6) is 0 Å². The van der Waals surface area contributed by atoms with E-state index < -0.39 is 5.97 Å². The van der Waals surface area contributed by atoms with Crippen LogP contribution in [-0.4, -0.2) is 11.1 Å². The van der Waals surface area contributed by atoms with Crippen molar-refractivity contribution in [1.82, 2.24) is 0 Å². The van der Waals surface area contributed by atoms with Gasteiger partial charge >= 0.3 is 5.97 Å². The van der Waals surface area contributed by atoms with Gasteiger partial charge in [-0.2, -0.15) is 0 Å². The van der Waals surface area contributed by atoms with Gasteiger partial charge in [-0.25, -0.2) is 4.79 Å². The van der Waals surface area contributed by atoms with Crippen LogP contribution in [0.2, 0.25) is 0 Å². The average molecular weight is 311 g/mol. The molecule has 0 amide bonds. The van der Waals surface area contributed by atoms with Crippen molar-refractivity contribution in [3.63, 3.8) is 0 Å². The van der Waals surface area contributed by atoms with Crippen molar-refractivity contribution >= 4 is 56.1 Å². The molecule has 1 N–H and O–H groups in total. The smallest absolute Gasteiger partial charge is 0.348 e. The van der Waals surface area contributed by atoms with Crippen LogP contribution in [0.4, 0.5) is 0 Å². The van der Waals surface area contributed by atoms with Gasteiger partial charge in [0, 0.05) is 0 Å². The van der Waals surface area contributed by atoms with Gasteiger partial charge in [0.1, 0.15) is 5.03 Å². The lowest BCUT2D eigenvalue weighted by atomic mass is 10.7. The number of rotatable bonds is 1. The first-order valence-corrected chi connectivity index (χ1v) is 3.74. The van der Waals surface area contributed by atoms with Crippen molar-refractivity contribution in [3.05, 3.63) is 7.52 Å². The fourth-order valence-electron chi connectivity index (χ4n) is 0.0808. The van der Waals surface area contributed by atoms with Crippen molar-refractivity contribution in [1.29, 1.82) is 0 Å². The van der Waals surface area contributed by atoms with Crippen molar-refractivity contribution in [2.75, 3.05) is 0 Å². The van der Waals surface area contributed by atoms with Gasteiger partial charge in [0.15, 0.2) is 0 Å². The van der Waals surface area contributed by atoms with Gasteiger partial charge in [-0.1, -0.05) is 11.6 Å². The number of halogens is 3. The summed E-state index contributed by atoms with van der Waals surface area (Å²) in [5.74, 6) is -1.12. The summed E-state index contributed by atoms with van der Waals surface area (Å²) in [6, 6.07) is 0. The molecule has 0 aliphatic rings. The molecule has 0 bridgehead atoms. The minimum atomic E-state index is -1.12. The van der Waals surface area contributed by atoms with E-state index in [1.54, 1.807) is 22.6 Å². The van der Waals surface area contributed by atoms with Gasteiger partial charge in [0.05, 0.1) is 2.49 Å². The quantitative estimate of drug-likeness (QED) is 0.596. The molecule has 0 fully saturated rings. The maximum Gasteiger partial charge on any atom is 0.348 e. The van der Waals surface area contributed by atoms with Crippen LogP contribution in [0, 0.1) is 0 Å². The molecule has 0 atom stereocenters. The highest BCUT2D eigenvalue weighted by atomic mass is 127. The van der Waals surface area contributed by atoms with Crippen molar-refractivity contribution < 1.29 is 9.90 Å². The second kappa shape index (κ2) is 3.68. The highest BCUT2D eigenvalue weighted by Gasteiger charge is 2.05. The van der Waals surface area contributed by atoms with E-state index >= 15 is 0 Å². The molecule has 0 radical (unpaired) electrons. The first-order valence-electron chi connectivity index (χ1n) is 1.49. The topological polar surface area (TPSA) is 37.3 Å². The van der Waals surface area contributed by atoms with E-state index in [2.05, 4.69) is 15.9 Å². The molecule has 0 aromatic rings. The Balaban J connectivity index is 4.23. The first kappa shape index (κ1) is 8.71. The van der Waals surface area contributed by atoms with Gasteiger partial charge in [0.25, 0.3) is 0 Å². The third kappa shape index (κ3) is 2.88. The predicted octanol–water partition coefficient (Wildman–Crippen LogP) is 2.31. The minimum Gasteiger partial charge on any atom is -0.477 e. The largest absolute Gasteiger partial charge is 0.477 e. The molecule has 0 unspecified atom stereocenters. The normalized spacial score (nSPS) is 12.9. The maximum absolute atomic E-state index is 9.92. The Labute approximate surface area is 73.2 Å². The molecule has 46 valence electrons. The predicted molar refractivity (Wildman–Crippen MR) is 43.5 cm³/mol. The van der Waals surface area contributed by atoms with Crippen LogP contribution in [-0.2, 0) is 4.79 Å². The van der Waals surface area contributed by atoms with Crippen molar-refractivity contribution in [2.24, 2.45) is 0 Å². The monoisotopic (exact) mass is 310 g/mol. The van der Waals surface area contributed by atoms with E-state index in [0.717, 1.165) is 0 Å². The fourth-order valence-corrected chi connectivity index (χ4v) is 0.481. The third-order valence-electron chi connectivity index (χ3n) is 0.354. The number of carboxylic acids is 1. The molecule has 0 aliphatic carbocycles. The summed E-state index contributed by atoms with van der Waals surface area (Å²) < 4.78 is 0.407. The van der Waals surface area contributed by atoms with Crippen molar-refractivity contribution in [2.45, 2.75) is 0 Å². The van der Waals surface area contributed by atoms with Crippen LogP contribution in [0.25, 0.3) is 0 Å². The molecule has 8 heavy (non-hydrogen) atoms. The van der Waals surface area contributed by atoms with Gasteiger partial charge in [-0.3, -0.25) is 0 Å². The number of hydrogen-bond donors (Lipinski definition) is 1. The molecule has 0 saturated carbocycles. The lowest BCUT2D eigenvalue weighted by molar-refractivity contribution is -0.131. The van der Waals surface area contributed by atoms with Crippen LogP contribution >= 0.6 is 50.1 Å². The molecule has 0 aliphatic heterocycles. The standard InChI is InChI=1S/C3HBrClIO2/c4-2(6)1(5)3(7)8/h(H,7,8)/b2-1+. The highest BCUT2D eigenvalue weighted by Crippen LogP contribution is 2.22. The summed E-state index contributed by atoms with van der Waals surface area (Å²) in [5, 5.41) is 7.94. The Hall–Kier alpha value is 0.710. The van der Waals surface area contributed by atoms with E-state index in [-0.39, 0.29) is 5.03 Å². The lowest BCUT2D eigenvalue weighted by Crippen LogP contribution is -1.92. The summed E-state index contributed by atoms with van der Waals surface area (Å²) in [6.45, 7) is 0. The van der Waals surface area contributed by atoms with E-state index in [0.29, 0.717) is 2.49 Å². The summed E-state index contributed by atoms with van der Waals surface area (Å²) in [5.41, 5.74) is 0. The average Bonchev–Trinajstić information content (AvgIpc) is 1.64. The fraction of sp³-hybridized carbons (Fsp3) is 0. The van der Waals surface area contributed by atoms with E-state index in [9.17, 15) is 4.79 Å². The van der Waals surface area contributed by atoms with E-state index in [4.69, 9.17) is 16.7 Å². The van der Waals surface area contributed by atoms with E-state index in [1.807, 2.05) is 0 Å². The Morgan fingerprint density at radius 3 is 2.12 bits per heavy atom. The Kier molecular flexibility index (Phi) is 4.01. The minimum absolute atomic E-state index is 0.189. The van der Waals surface area contributed by atoms with Gasteiger partial charge in [0.2, 0.25) is 0 Å². The Morgan fingerprint density at radius 1 is 1.75 bits per heavy atom. The number of aliphatic carboxylic acids is 1. The number of carboxylic acid groups (broad SMARTS) is 1. The Morgan fingerprint density at radius 2 is 2.12 bits per heavy atom. The zero-order chi connectivity index (χ0) is 6.73. The molecule has 0 aromatic carbocycles. The zero-order valence-electron chi connectivity index (χ0n) is 3.49. The zero-order valence-corrected chi connectivity index (χ0v) is 7.99. The van der Waals surface area contributed by atoms with Crippen LogP contribution < -0.4 is 0 Å². The van der Waals surface area contributed by atoms with Crippen LogP contribution in [0.3, 0.4) is 0 Å². The van der Waals surface area contributed by atoms with Gasteiger partial charge in [-0.05, 0) is 38.5 Å². The Bertz CT molecular complexity index is 140. The highest BCUT2D eigenvalue weighted by molar-refractivity contribution is 14.1. The van der Waals surface area contributed by atoms with Crippen molar-refractivity contribution in [3.8, 4) is 0 Å². The molecule has 2 nitrogen and oxygen atoms in total. The molecule has 0 saturated heterocycles. The summed E-state index contributed by atoms with van der Waals surface area (Å²) in [7, 11) is 0. The maximum atomic E-state index is 9.92. The van der Waals surface area contributed by atoms with Gasteiger partial charge in [-0.15, -0.1) is 0 Å². The first-order chi connectivity index (χ1) is 3.55. The summed E-state index contributed by atoms with van der Waals surface area (Å²) in [6.07, 6.45) is 0. The molecular formula is C3HBrClIO2. The second-order valence-electron chi connectivity index (χ2n) is 0.880. The van der Waals surface area contributed by atoms with E-state index in [1.165, 1.54) is 0 Å². The number of hydrogen-bond acceptors (Lipinski definition) is 1. The lowest BCUT2D eigenvalue weighted by Gasteiger charge is -1.86. The number of carbonyl (C=O) groups is 1. The SMILES string of the molecule is O=C(O)/C(Cl)=C(/Br)I. The summed E-state index contributed by atoms with van der Waals surface area (Å²) >= 11 is 9.84. The molecule has 0 rings (SSSR count). The molecule has 0 heterocycles. The van der Waals surface area contributed by atoms with Crippen LogP contribution in [0.15, 0.2) is 7.52 Å². The molecular weight excluding hydrogens is 310 g/mol. The van der Waals surface area contributed by atoms with Crippen LogP contribution in [0.1, 0.15) is 0 Å². The second-order valence-corrected chi connectivity index (χ2v) is 4.61. The molecule has 0 aromatic heterocycles. The molecule has 5 heteroatoms. The summed E-state index contributed by atoms with van der Waals surface area (Å²) in [4.78, 5) is 9.92. The van der Waals surface area contributed by atoms with Gasteiger partial charge < -0.3 is 5.11 Å². The molecule has 0 spiro atoms. The third-order valence-corrected chi connectivity index (χ3v) is 2.19.